The molecule has 0 spiro atoms. The van der Waals surface area contributed by atoms with Crippen LogP contribution in [0.5, 0.6) is 0 Å². The number of alkyl halides is 3. The van der Waals surface area contributed by atoms with E-state index >= 15 is 0 Å². The SMILES string of the molecule is C=C1CCC(N2Cc3c(cc(F)cc3[C@H](C)C(F)(F)F)C2=O)C(=O)N1. The summed E-state index contributed by atoms with van der Waals surface area (Å²) in [6, 6.07) is 0.947. The van der Waals surface area contributed by atoms with E-state index < -0.39 is 35.8 Å². The zero-order valence-electron chi connectivity index (χ0n) is 13.4. The number of fused-ring (bicyclic) bond motifs is 1. The lowest BCUT2D eigenvalue weighted by molar-refractivity contribution is -0.146. The predicted octanol–water partition coefficient (Wildman–Crippen LogP) is 3.24. The molecule has 3 rings (SSSR count). The van der Waals surface area contributed by atoms with Crippen LogP contribution in [0.15, 0.2) is 24.4 Å². The number of halogens is 4. The molecule has 2 atom stereocenters. The van der Waals surface area contributed by atoms with E-state index in [4.69, 9.17) is 0 Å². The Labute approximate surface area is 141 Å². The highest BCUT2D eigenvalue weighted by Gasteiger charge is 2.43. The molecule has 25 heavy (non-hydrogen) atoms. The van der Waals surface area contributed by atoms with E-state index in [9.17, 15) is 27.2 Å². The molecule has 1 fully saturated rings. The van der Waals surface area contributed by atoms with Gasteiger partial charge >= 0.3 is 6.18 Å². The van der Waals surface area contributed by atoms with Crippen molar-refractivity contribution < 1.29 is 27.2 Å². The first kappa shape index (κ1) is 17.4. The first-order valence-corrected chi connectivity index (χ1v) is 7.78. The Balaban J connectivity index is 1.98. The number of rotatable bonds is 2. The van der Waals surface area contributed by atoms with Crippen LogP contribution in [0.25, 0.3) is 0 Å². The summed E-state index contributed by atoms with van der Waals surface area (Å²) in [5, 5.41) is 2.55. The van der Waals surface area contributed by atoms with Crippen LogP contribution in [0.3, 0.4) is 0 Å². The van der Waals surface area contributed by atoms with Gasteiger partial charge in [-0.05, 0) is 43.0 Å². The number of nitrogens with one attached hydrogen (secondary N) is 1. The molecule has 4 nitrogen and oxygen atoms in total. The number of benzene rings is 1. The Morgan fingerprint density at radius 2 is 2.00 bits per heavy atom. The van der Waals surface area contributed by atoms with Crippen LogP contribution in [0.2, 0.25) is 0 Å². The lowest BCUT2D eigenvalue weighted by Gasteiger charge is -2.31. The molecular formula is C17H16F4N2O2. The number of amides is 2. The van der Waals surface area contributed by atoms with Crippen LogP contribution in [0.4, 0.5) is 17.6 Å². The third-order valence-electron chi connectivity index (χ3n) is 4.72. The van der Waals surface area contributed by atoms with Crippen LogP contribution in [-0.4, -0.2) is 28.9 Å². The fraction of sp³-hybridized carbons (Fsp3) is 0.412. The Bertz CT molecular complexity index is 773. The summed E-state index contributed by atoms with van der Waals surface area (Å²) < 4.78 is 53.1. The maximum atomic E-state index is 13.8. The third kappa shape index (κ3) is 3.01. The molecule has 0 bridgehead atoms. The average molecular weight is 356 g/mol. The summed E-state index contributed by atoms with van der Waals surface area (Å²) in [7, 11) is 0. The van der Waals surface area contributed by atoms with E-state index in [2.05, 4.69) is 11.9 Å². The zero-order chi connectivity index (χ0) is 18.5. The summed E-state index contributed by atoms with van der Waals surface area (Å²) in [4.78, 5) is 25.9. The minimum Gasteiger partial charge on any atom is -0.329 e. The highest BCUT2D eigenvalue weighted by Crippen LogP contribution is 2.40. The lowest BCUT2D eigenvalue weighted by Crippen LogP contribution is -2.49. The Kier molecular flexibility index (Phi) is 4.09. The fourth-order valence-electron chi connectivity index (χ4n) is 3.30. The Morgan fingerprint density at radius 3 is 2.60 bits per heavy atom. The second-order valence-electron chi connectivity index (χ2n) is 6.36. The Hall–Kier alpha value is -2.38. The molecule has 2 amide bonds. The van der Waals surface area contributed by atoms with Gasteiger partial charge in [-0.25, -0.2) is 4.39 Å². The number of nitrogens with zero attached hydrogens (tertiary/aromatic N) is 1. The average Bonchev–Trinajstić information content (AvgIpc) is 2.82. The number of carbonyl (C=O) groups excluding carboxylic acids is 2. The van der Waals surface area contributed by atoms with Gasteiger partial charge in [-0.15, -0.1) is 0 Å². The van der Waals surface area contributed by atoms with Crippen LogP contribution in [-0.2, 0) is 11.3 Å². The van der Waals surface area contributed by atoms with Crippen LogP contribution in [0.1, 0.15) is 47.2 Å². The van der Waals surface area contributed by atoms with Gasteiger partial charge < -0.3 is 10.2 Å². The monoisotopic (exact) mass is 356 g/mol. The number of piperidine rings is 1. The molecular weight excluding hydrogens is 340 g/mol. The topological polar surface area (TPSA) is 49.4 Å². The number of carbonyl (C=O) groups is 2. The van der Waals surface area contributed by atoms with Crippen molar-refractivity contribution in [2.24, 2.45) is 0 Å². The standard InChI is InChI=1S/C17H16F4N2O2/c1-8-3-4-14(15(24)22-8)23-7-13-11(9(2)17(19,20)21)5-10(18)6-12(13)16(23)25/h5-6,9,14H,1,3-4,7H2,2H3,(H,22,24)/t9-,14?/m0/s1. The summed E-state index contributed by atoms with van der Waals surface area (Å²) in [5.74, 6) is -3.87. The van der Waals surface area contributed by atoms with Gasteiger partial charge in [-0.3, -0.25) is 9.59 Å². The number of hydrogen-bond donors (Lipinski definition) is 1. The summed E-state index contributed by atoms with van der Waals surface area (Å²) >= 11 is 0. The lowest BCUT2D eigenvalue weighted by atomic mass is 9.93. The number of hydrogen-bond acceptors (Lipinski definition) is 2. The van der Waals surface area contributed by atoms with E-state index in [1.165, 1.54) is 4.90 Å². The van der Waals surface area contributed by atoms with Crippen molar-refractivity contribution in [3.8, 4) is 0 Å². The molecule has 2 aliphatic heterocycles. The van der Waals surface area contributed by atoms with E-state index in [-0.39, 0.29) is 23.2 Å². The molecule has 1 unspecified atom stereocenters. The molecule has 2 aliphatic rings. The van der Waals surface area contributed by atoms with Gasteiger partial charge in [0.15, 0.2) is 0 Å². The molecule has 0 aromatic heterocycles. The molecule has 0 radical (unpaired) electrons. The maximum absolute atomic E-state index is 13.8. The van der Waals surface area contributed by atoms with Gasteiger partial charge in [-0.2, -0.15) is 13.2 Å². The molecule has 1 aromatic rings. The van der Waals surface area contributed by atoms with Crippen LogP contribution in [0, 0.1) is 5.82 Å². The highest BCUT2D eigenvalue weighted by atomic mass is 19.4. The van der Waals surface area contributed by atoms with Crippen molar-refractivity contribution in [3.05, 3.63) is 46.9 Å². The molecule has 1 N–H and O–H groups in total. The largest absolute Gasteiger partial charge is 0.395 e. The van der Waals surface area contributed by atoms with Gasteiger partial charge in [0, 0.05) is 17.8 Å². The van der Waals surface area contributed by atoms with E-state index in [0.29, 0.717) is 18.5 Å². The molecule has 134 valence electrons. The van der Waals surface area contributed by atoms with Crippen molar-refractivity contribution >= 4 is 11.8 Å². The Morgan fingerprint density at radius 1 is 1.32 bits per heavy atom. The minimum absolute atomic E-state index is 0.108. The van der Waals surface area contributed by atoms with Crippen molar-refractivity contribution in [2.45, 2.75) is 44.4 Å². The zero-order valence-corrected chi connectivity index (χ0v) is 13.4. The summed E-state index contributed by atoms with van der Waals surface area (Å²) in [6.45, 7) is 4.44. The van der Waals surface area contributed by atoms with E-state index in [1.54, 1.807) is 0 Å². The quantitative estimate of drug-likeness (QED) is 0.827. The molecule has 1 aromatic carbocycles. The smallest absolute Gasteiger partial charge is 0.329 e. The highest BCUT2D eigenvalue weighted by molar-refractivity contribution is 6.01. The van der Waals surface area contributed by atoms with Crippen molar-refractivity contribution in [1.82, 2.24) is 10.2 Å². The van der Waals surface area contributed by atoms with Crippen molar-refractivity contribution in [2.75, 3.05) is 0 Å². The van der Waals surface area contributed by atoms with E-state index in [1.807, 2.05) is 0 Å². The maximum Gasteiger partial charge on any atom is 0.395 e. The second-order valence-corrected chi connectivity index (χ2v) is 6.36. The molecule has 2 heterocycles. The molecule has 8 heteroatoms. The first-order valence-electron chi connectivity index (χ1n) is 7.78. The minimum atomic E-state index is -4.56. The van der Waals surface area contributed by atoms with Gasteiger partial charge in [0.2, 0.25) is 5.91 Å². The summed E-state index contributed by atoms with van der Waals surface area (Å²) in [5.41, 5.74) is 0.290. The predicted molar refractivity (Wildman–Crippen MR) is 81.0 cm³/mol. The van der Waals surface area contributed by atoms with E-state index in [0.717, 1.165) is 19.1 Å². The van der Waals surface area contributed by atoms with Crippen LogP contribution < -0.4 is 5.32 Å². The van der Waals surface area contributed by atoms with Crippen LogP contribution >= 0.6 is 0 Å². The van der Waals surface area contributed by atoms with Crippen molar-refractivity contribution in [3.63, 3.8) is 0 Å². The number of allylic oxidation sites excluding steroid dienone is 1. The molecule has 0 saturated carbocycles. The van der Waals surface area contributed by atoms with Gasteiger partial charge in [-0.1, -0.05) is 6.58 Å². The molecule has 1 saturated heterocycles. The summed E-state index contributed by atoms with van der Waals surface area (Å²) in [6.07, 6.45) is -3.76. The third-order valence-corrected chi connectivity index (χ3v) is 4.72. The first-order chi connectivity index (χ1) is 11.6. The van der Waals surface area contributed by atoms with Gasteiger partial charge in [0.05, 0.1) is 5.92 Å². The molecule has 0 aliphatic carbocycles. The second kappa shape index (κ2) is 5.86. The van der Waals surface area contributed by atoms with Gasteiger partial charge in [0.25, 0.3) is 5.91 Å². The fourth-order valence-corrected chi connectivity index (χ4v) is 3.30. The normalized spacial score (nSPS) is 22.0. The van der Waals surface area contributed by atoms with Crippen molar-refractivity contribution in [1.29, 1.82) is 0 Å². The van der Waals surface area contributed by atoms with Gasteiger partial charge in [0.1, 0.15) is 11.9 Å².